The van der Waals surface area contributed by atoms with Gasteiger partial charge in [-0.2, -0.15) is 5.26 Å². The molecule has 0 aliphatic carbocycles. The van der Waals surface area contributed by atoms with E-state index in [1.54, 1.807) is 6.07 Å². The fourth-order valence-corrected chi connectivity index (χ4v) is 1.23. The van der Waals surface area contributed by atoms with E-state index in [0.29, 0.717) is 17.8 Å². The van der Waals surface area contributed by atoms with E-state index in [1.807, 2.05) is 13.0 Å². The standard InChI is InChI=1S/C11H14FN3/c1-2-14-3-4-15-11-6-9(8-13)5-10(12)7-11/h5-7,14-15H,2-4H2,1H3. The predicted octanol–water partition coefficient (Wildman–Crippen LogP) is 1.72. The van der Waals surface area contributed by atoms with Crippen LogP contribution in [0.3, 0.4) is 0 Å². The first kappa shape index (κ1) is 11.5. The number of rotatable bonds is 5. The van der Waals surface area contributed by atoms with Crippen LogP contribution in [0, 0.1) is 17.1 Å². The van der Waals surface area contributed by atoms with Crippen LogP contribution in [0.4, 0.5) is 10.1 Å². The van der Waals surface area contributed by atoms with Crippen molar-refractivity contribution >= 4 is 5.69 Å². The van der Waals surface area contributed by atoms with Gasteiger partial charge < -0.3 is 10.6 Å². The first-order chi connectivity index (χ1) is 7.26. The number of hydrogen-bond donors (Lipinski definition) is 2. The summed E-state index contributed by atoms with van der Waals surface area (Å²) in [6.07, 6.45) is 0. The lowest BCUT2D eigenvalue weighted by molar-refractivity contribution is 0.627. The minimum Gasteiger partial charge on any atom is -0.384 e. The van der Waals surface area contributed by atoms with Crippen molar-refractivity contribution in [3.63, 3.8) is 0 Å². The molecule has 0 radical (unpaired) electrons. The first-order valence-electron chi connectivity index (χ1n) is 4.91. The van der Waals surface area contributed by atoms with Crippen LogP contribution < -0.4 is 10.6 Å². The lowest BCUT2D eigenvalue weighted by Crippen LogP contribution is -2.21. The highest BCUT2D eigenvalue weighted by Gasteiger charge is 1.99. The van der Waals surface area contributed by atoms with Crippen LogP contribution in [0.2, 0.25) is 0 Å². The van der Waals surface area contributed by atoms with Gasteiger partial charge in [-0.1, -0.05) is 6.92 Å². The molecular formula is C11H14FN3. The second-order valence-corrected chi connectivity index (χ2v) is 3.12. The molecule has 80 valence electrons. The fraction of sp³-hybridized carbons (Fsp3) is 0.364. The second-order valence-electron chi connectivity index (χ2n) is 3.12. The van der Waals surface area contributed by atoms with Crippen molar-refractivity contribution in [3.8, 4) is 6.07 Å². The summed E-state index contributed by atoms with van der Waals surface area (Å²) in [5, 5.41) is 14.8. The fourth-order valence-electron chi connectivity index (χ4n) is 1.23. The molecule has 1 aromatic carbocycles. The van der Waals surface area contributed by atoms with E-state index in [0.717, 1.165) is 13.1 Å². The summed E-state index contributed by atoms with van der Waals surface area (Å²) in [6.45, 7) is 4.46. The van der Waals surface area contributed by atoms with E-state index in [9.17, 15) is 4.39 Å². The summed E-state index contributed by atoms with van der Waals surface area (Å²) in [7, 11) is 0. The molecule has 4 heteroatoms. The van der Waals surface area contributed by atoms with Crippen molar-refractivity contribution in [3.05, 3.63) is 29.6 Å². The smallest absolute Gasteiger partial charge is 0.126 e. The third-order valence-corrected chi connectivity index (χ3v) is 1.91. The number of halogens is 1. The van der Waals surface area contributed by atoms with Gasteiger partial charge in [0, 0.05) is 18.8 Å². The average molecular weight is 207 g/mol. The van der Waals surface area contributed by atoms with Gasteiger partial charge in [-0.3, -0.25) is 0 Å². The maximum atomic E-state index is 13.0. The van der Waals surface area contributed by atoms with Gasteiger partial charge in [0.2, 0.25) is 0 Å². The molecule has 0 heterocycles. The van der Waals surface area contributed by atoms with Crippen LogP contribution in [0.25, 0.3) is 0 Å². The van der Waals surface area contributed by atoms with Gasteiger partial charge >= 0.3 is 0 Å². The van der Waals surface area contributed by atoms with Crippen molar-refractivity contribution in [1.82, 2.24) is 5.32 Å². The Hall–Kier alpha value is -1.60. The quantitative estimate of drug-likeness (QED) is 0.723. The van der Waals surface area contributed by atoms with E-state index in [2.05, 4.69) is 10.6 Å². The summed E-state index contributed by atoms with van der Waals surface area (Å²) in [5.74, 6) is -0.389. The summed E-state index contributed by atoms with van der Waals surface area (Å²) in [6, 6.07) is 6.15. The van der Waals surface area contributed by atoms with Crippen molar-refractivity contribution in [1.29, 1.82) is 5.26 Å². The van der Waals surface area contributed by atoms with Gasteiger partial charge in [0.1, 0.15) is 5.82 Å². The number of benzene rings is 1. The van der Waals surface area contributed by atoms with Crippen molar-refractivity contribution < 1.29 is 4.39 Å². The molecule has 1 aromatic rings. The Kier molecular flexibility index (Phi) is 4.58. The molecule has 0 bridgehead atoms. The van der Waals surface area contributed by atoms with Crippen LogP contribution in [-0.2, 0) is 0 Å². The SMILES string of the molecule is CCNCCNc1cc(F)cc(C#N)c1. The first-order valence-corrected chi connectivity index (χ1v) is 4.91. The van der Waals surface area contributed by atoms with Gasteiger partial charge in [-0.25, -0.2) is 4.39 Å². The molecule has 0 amide bonds. The van der Waals surface area contributed by atoms with E-state index in [4.69, 9.17) is 5.26 Å². The van der Waals surface area contributed by atoms with Crippen LogP contribution >= 0.6 is 0 Å². The minimum absolute atomic E-state index is 0.334. The van der Waals surface area contributed by atoms with Crippen molar-refractivity contribution in [2.75, 3.05) is 25.0 Å². The molecule has 0 saturated carbocycles. The van der Waals surface area contributed by atoms with Crippen molar-refractivity contribution in [2.24, 2.45) is 0 Å². The molecule has 0 aliphatic rings. The second kappa shape index (κ2) is 5.99. The number of nitriles is 1. The molecule has 0 aliphatic heterocycles. The van der Waals surface area contributed by atoms with Gasteiger partial charge in [-0.15, -0.1) is 0 Å². The Bertz CT molecular complexity index is 357. The number of nitrogens with zero attached hydrogens (tertiary/aromatic N) is 1. The summed E-state index contributed by atoms with van der Waals surface area (Å²) in [4.78, 5) is 0. The number of anilines is 1. The minimum atomic E-state index is -0.389. The number of likely N-dealkylation sites (N-methyl/N-ethyl adjacent to an activating group) is 1. The predicted molar refractivity (Wildman–Crippen MR) is 58.1 cm³/mol. The van der Waals surface area contributed by atoms with E-state index in [1.165, 1.54) is 12.1 Å². The monoisotopic (exact) mass is 207 g/mol. The molecule has 1 rings (SSSR count). The zero-order chi connectivity index (χ0) is 11.1. The molecule has 0 unspecified atom stereocenters. The normalized spacial score (nSPS) is 9.67. The Morgan fingerprint density at radius 2 is 2.13 bits per heavy atom. The van der Waals surface area contributed by atoms with Crippen molar-refractivity contribution in [2.45, 2.75) is 6.92 Å². The molecule has 0 aromatic heterocycles. The molecule has 0 atom stereocenters. The molecule has 0 saturated heterocycles. The summed E-state index contributed by atoms with van der Waals surface area (Å²) >= 11 is 0. The van der Waals surface area contributed by atoms with Gasteiger partial charge in [0.05, 0.1) is 11.6 Å². The topological polar surface area (TPSA) is 47.8 Å². The van der Waals surface area contributed by atoms with Gasteiger partial charge in [0.25, 0.3) is 0 Å². The van der Waals surface area contributed by atoms with E-state index < -0.39 is 0 Å². The lowest BCUT2D eigenvalue weighted by atomic mass is 10.2. The molecule has 0 fully saturated rings. The van der Waals surface area contributed by atoms with Crippen LogP contribution in [0.5, 0.6) is 0 Å². The highest BCUT2D eigenvalue weighted by atomic mass is 19.1. The number of nitrogens with one attached hydrogen (secondary N) is 2. The average Bonchev–Trinajstić information content (AvgIpc) is 2.23. The molecule has 3 nitrogen and oxygen atoms in total. The van der Waals surface area contributed by atoms with E-state index in [-0.39, 0.29) is 5.82 Å². The molecular weight excluding hydrogens is 193 g/mol. The maximum Gasteiger partial charge on any atom is 0.126 e. The highest BCUT2D eigenvalue weighted by molar-refractivity contribution is 5.49. The summed E-state index contributed by atoms with van der Waals surface area (Å²) < 4.78 is 13.0. The third kappa shape index (κ3) is 3.96. The molecule has 0 spiro atoms. The van der Waals surface area contributed by atoms with Crippen LogP contribution in [-0.4, -0.2) is 19.6 Å². The van der Waals surface area contributed by atoms with E-state index >= 15 is 0 Å². The molecule has 15 heavy (non-hydrogen) atoms. The highest BCUT2D eigenvalue weighted by Crippen LogP contribution is 2.12. The summed E-state index contributed by atoms with van der Waals surface area (Å²) in [5.41, 5.74) is 0.977. The maximum absolute atomic E-state index is 13.0. The van der Waals surface area contributed by atoms with Crippen LogP contribution in [0.15, 0.2) is 18.2 Å². The lowest BCUT2D eigenvalue weighted by Gasteiger charge is -2.06. The zero-order valence-electron chi connectivity index (χ0n) is 8.68. The molecule has 2 N–H and O–H groups in total. The van der Waals surface area contributed by atoms with Gasteiger partial charge in [0.15, 0.2) is 0 Å². The Morgan fingerprint density at radius 3 is 2.80 bits per heavy atom. The number of hydrogen-bond acceptors (Lipinski definition) is 3. The van der Waals surface area contributed by atoms with Crippen LogP contribution in [0.1, 0.15) is 12.5 Å². The zero-order valence-corrected chi connectivity index (χ0v) is 8.68. The Labute approximate surface area is 88.9 Å². The third-order valence-electron chi connectivity index (χ3n) is 1.91. The Morgan fingerprint density at radius 1 is 1.33 bits per heavy atom. The Balaban J connectivity index is 2.54. The van der Waals surface area contributed by atoms with Gasteiger partial charge in [-0.05, 0) is 24.7 Å². The largest absolute Gasteiger partial charge is 0.384 e.